The number of ether oxygens (including phenoxy) is 1. The van der Waals surface area contributed by atoms with Gasteiger partial charge < -0.3 is 4.74 Å². The molecule has 1 aromatic carbocycles. The van der Waals surface area contributed by atoms with Crippen LogP contribution < -0.4 is 16.0 Å². The highest BCUT2D eigenvalue weighted by Crippen LogP contribution is 2.32. The summed E-state index contributed by atoms with van der Waals surface area (Å²) >= 11 is 1.42. The lowest BCUT2D eigenvalue weighted by Gasteiger charge is -2.07. The van der Waals surface area contributed by atoms with Gasteiger partial charge >= 0.3 is 0 Å². The van der Waals surface area contributed by atoms with E-state index < -0.39 is 5.82 Å². The molecule has 0 atom stereocenters. The third-order valence-electron chi connectivity index (χ3n) is 2.44. The standard InChI is InChI=1S/C12H9FN4OS/c13-7-3-1-2-4-9(7)18-11-10-8(5-6-19-10)15-12(16-11)17-14/h1-6H,14H2,(H,15,16,17). The monoisotopic (exact) mass is 276 g/mol. The maximum absolute atomic E-state index is 13.6. The maximum atomic E-state index is 13.6. The van der Waals surface area contributed by atoms with Crippen molar-refractivity contribution in [2.75, 3.05) is 5.43 Å². The molecule has 0 saturated carbocycles. The summed E-state index contributed by atoms with van der Waals surface area (Å²) in [5.41, 5.74) is 3.05. The van der Waals surface area contributed by atoms with E-state index >= 15 is 0 Å². The van der Waals surface area contributed by atoms with Crippen molar-refractivity contribution in [3.05, 3.63) is 41.5 Å². The van der Waals surface area contributed by atoms with Gasteiger partial charge in [0.25, 0.3) is 0 Å². The number of nitrogens with two attached hydrogens (primary N) is 1. The van der Waals surface area contributed by atoms with E-state index in [1.54, 1.807) is 12.1 Å². The molecule has 3 aromatic rings. The van der Waals surface area contributed by atoms with Crippen LogP contribution >= 0.6 is 11.3 Å². The van der Waals surface area contributed by atoms with Crippen molar-refractivity contribution in [1.29, 1.82) is 0 Å². The maximum Gasteiger partial charge on any atom is 0.242 e. The topological polar surface area (TPSA) is 73.1 Å². The Bertz CT molecular complexity index is 731. The summed E-state index contributed by atoms with van der Waals surface area (Å²) in [6.45, 7) is 0. The molecule has 7 heteroatoms. The van der Waals surface area contributed by atoms with E-state index in [1.165, 1.54) is 23.5 Å². The van der Waals surface area contributed by atoms with Gasteiger partial charge in [-0.25, -0.2) is 15.2 Å². The Morgan fingerprint density at radius 1 is 1.21 bits per heavy atom. The molecule has 0 spiro atoms. The number of rotatable bonds is 3. The first-order valence-electron chi connectivity index (χ1n) is 5.42. The molecule has 0 aliphatic heterocycles. The molecule has 0 aliphatic rings. The molecule has 96 valence electrons. The molecule has 19 heavy (non-hydrogen) atoms. The van der Waals surface area contributed by atoms with Crippen molar-refractivity contribution in [3.63, 3.8) is 0 Å². The largest absolute Gasteiger partial charge is 0.434 e. The average molecular weight is 276 g/mol. The van der Waals surface area contributed by atoms with Crippen molar-refractivity contribution < 1.29 is 9.13 Å². The number of halogens is 1. The molecule has 0 amide bonds. The van der Waals surface area contributed by atoms with E-state index in [4.69, 9.17) is 10.6 Å². The van der Waals surface area contributed by atoms with Crippen molar-refractivity contribution in [3.8, 4) is 11.6 Å². The highest BCUT2D eigenvalue weighted by Gasteiger charge is 2.12. The van der Waals surface area contributed by atoms with E-state index in [-0.39, 0.29) is 17.6 Å². The summed E-state index contributed by atoms with van der Waals surface area (Å²) in [4.78, 5) is 8.27. The van der Waals surface area contributed by atoms with Crippen LogP contribution in [0.3, 0.4) is 0 Å². The second kappa shape index (κ2) is 4.79. The van der Waals surface area contributed by atoms with E-state index in [1.807, 2.05) is 11.4 Å². The highest BCUT2D eigenvalue weighted by molar-refractivity contribution is 7.17. The summed E-state index contributed by atoms with van der Waals surface area (Å²) in [5, 5.41) is 1.86. The predicted molar refractivity (Wildman–Crippen MR) is 71.7 cm³/mol. The second-order valence-corrected chi connectivity index (χ2v) is 4.58. The van der Waals surface area contributed by atoms with Crippen LogP contribution in [-0.4, -0.2) is 9.97 Å². The molecule has 3 rings (SSSR count). The van der Waals surface area contributed by atoms with Gasteiger partial charge in [-0.3, -0.25) is 5.43 Å². The number of aromatic nitrogens is 2. The Hall–Kier alpha value is -2.25. The molecule has 0 bridgehead atoms. The summed E-state index contributed by atoms with van der Waals surface area (Å²) < 4.78 is 19.8. The second-order valence-electron chi connectivity index (χ2n) is 3.66. The number of nitrogen functional groups attached to an aromatic ring is 1. The van der Waals surface area contributed by atoms with Gasteiger partial charge in [-0.2, -0.15) is 4.98 Å². The minimum Gasteiger partial charge on any atom is -0.434 e. The first kappa shape index (κ1) is 11.8. The van der Waals surface area contributed by atoms with Crippen LogP contribution in [0, 0.1) is 5.82 Å². The van der Waals surface area contributed by atoms with Crippen LogP contribution in [0.25, 0.3) is 10.2 Å². The summed E-state index contributed by atoms with van der Waals surface area (Å²) in [5.74, 6) is 5.46. The Morgan fingerprint density at radius 2 is 2.05 bits per heavy atom. The number of benzene rings is 1. The number of thiophene rings is 1. The minimum absolute atomic E-state index is 0.110. The fourth-order valence-corrected chi connectivity index (χ4v) is 2.36. The van der Waals surface area contributed by atoms with Crippen molar-refractivity contribution in [2.45, 2.75) is 0 Å². The Labute approximate surface area is 111 Å². The van der Waals surface area contributed by atoms with Crippen molar-refractivity contribution in [1.82, 2.24) is 9.97 Å². The average Bonchev–Trinajstić information content (AvgIpc) is 2.89. The Morgan fingerprint density at radius 3 is 2.84 bits per heavy atom. The zero-order valence-corrected chi connectivity index (χ0v) is 10.4. The van der Waals surface area contributed by atoms with Gasteiger partial charge in [0, 0.05) is 0 Å². The number of anilines is 1. The zero-order chi connectivity index (χ0) is 13.2. The van der Waals surface area contributed by atoms with Crippen LogP contribution in [0.5, 0.6) is 11.6 Å². The number of hydrogen-bond acceptors (Lipinski definition) is 6. The Balaban J connectivity index is 2.09. The third-order valence-corrected chi connectivity index (χ3v) is 3.34. The smallest absolute Gasteiger partial charge is 0.242 e. The molecule has 2 aromatic heterocycles. The fourth-order valence-electron chi connectivity index (χ4n) is 1.60. The predicted octanol–water partition coefficient (Wildman–Crippen LogP) is 2.91. The number of nitrogens with one attached hydrogen (secondary N) is 1. The van der Waals surface area contributed by atoms with E-state index in [0.29, 0.717) is 5.52 Å². The van der Waals surface area contributed by atoms with E-state index in [0.717, 1.165) is 4.70 Å². The third kappa shape index (κ3) is 2.20. The van der Waals surface area contributed by atoms with Gasteiger partial charge in [0.1, 0.15) is 4.70 Å². The van der Waals surface area contributed by atoms with Gasteiger partial charge in [0.05, 0.1) is 5.52 Å². The van der Waals surface area contributed by atoms with Crippen LogP contribution in [0.15, 0.2) is 35.7 Å². The molecule has 3 N–H and O–H groups in total. The number of fused-ring (bicyclic) bond motifs is 1. The van der Waals surface area contributed by atoms with Crippen LogP contribution in [-0.2, 0) is 0 Å². The van der Waals surface area contributed by atoms with E-state index in [9.17, 15) is 4.39 Å². The molecular formula is C12H9FN4OS. The first-order valence-corrected chi connectivity index (χ1v) is 6.30. The number of hydrogen-bond donors (Lipinski definition) is 2. The number of nitrogens with zero attached hydrogens (tertiary/aromatic N) is 2. The van der Waals surface area contributed by atoms with Gasteiger partial charge in [0.15, 0.2) is 11.6 Å². The van der Waals surface area contributed by atoms with Crippen molar-refractivity contribution >= 4 is 27.5 Å². The lowest BCUT2D eigenvalue weighted by atomic mass is 10.3. The van der Waals surface area contributed by atoms with Gasteiger partial charge in [-0.15, -0.1) is 11.3 Å². The van der Waals surface area contributed by atoms with Crippen LogP contribution in [0.1, 0.15) is 0 Å². The van der Waals surface area contributed by atoms with Gasteiger partial charge in [-0.05, 0) is 23.6 Å². The summed E-state index contributed by atoms with van der Waals surface area (Å²) in [6.07, 6.45) is 0. The normalized spacial score (nSPS) is 10.6. The van der Waals surface area contributed by atoms with Gasteiger partial charge in [0.2, 0.25) is 11.8 Å². The lowest BCUT2D eigenvalue weighted by Crippen LogP contribution is -2.10. The van der Waals surface area contributed by atoms with Crippen molar-refractivity contribution in [2.24, 2.45) is 5.84 Å². The summed E-state index contributed by atoms with van der Waals surface area (Å²) in [7, 11) is 0. The zero-order valence-electron chi connectivity index (χ0n) is 9.63. The molecular weight excluding hydrogens is 267 g/mol. The van der Waals surface area contributed by atoms with Crippen LogP contribution in [0.2, 0.25) is 0 Å². The molecule has 0 radical (unpaired) electrons. The van der Waals surface area contributed by atoms with E-state index in [2.05, 4.69) is 15.4 Å². The minimum atomic E-state index is -0.451. The molecule has 0 unspecified atom stereocenters. The molecule has 5 nitrogen and oxygen atoms in total. The highest BCUT2D eigenvalue weighted by atomic mass is 32.1. The number of hydrazine groups is 1. The molecule has 0 saturated heterocycles. The SMILES string of the molecule is NNc1nc(Oc2ccccc2F)c2sccc2n1. The number of para-hydroxylation sites is 1. The van der Waals surface area contributed by atoms with Crippen LogP contribution in [0.4, 0.5) is 10.3 Å². The Kier molecular flexibility index (Phi) is 2.98. The fraction of sp³-hybridized carbons (Fsp3) is 0. The quantitative estimate of drug-likeness (QED) is 0.568. The van der Waals surface area contributed by atoms with Gasteiger partial charge in [-0.1, -0.05) is 12.1 Å². The molecule has 2 heterocycles. The molecule has 0 aliphatic carbocycles. The first-order chi connectivity index (χ1) is 9.28. The molecule has 0 fully saturated rings. The summed E-state index contributed by atoms with van der Waals surface area (Å²) in [6, 6.07) is 7.95. The lowest BCUT2D eigenvalue weighted by molar-refractivity contribution is 0.433.